The number of carbonyl (C=O) groups excluding carboxylic acids is 1. The minimum atomic E-state index is 0.106. The van der Waals surface area contributed by atoms with E-state index >= 15 is 0 Å². The molecule has 2 rings (SSSR count). The van der Waals surface area contributed by atoms with E-state index in [2.05, 4.69) is 17.1 Å². The van der Waals surface area contributed by atoms with E-state index in [0.29, 0.717) is 11.9 Å². The summed E-state index contributed by atoms with van der Waals surface area (Å²) in [7, 11) is 0. The largest absolute Gasteiger partial charge is 0.339 e. The zero-order valence-electron chi connectivity index (χ0n) is 10.4. The minimum Gasteiger partial charge on any atom is -0.339 e. The number of rotatable bonds is 3. The number of nitrogens with one attached hydrogen (secondary N) is 1. The van der Waals surface area contributed by atoms with Crippen LogP contribution in [0, 0.1) is 0 Å². The van der Waals surface area contributed by atoms with E-state index in [1.807, 2.05) is 0 Å². The first-order valence-electron chi connectivity index (χ1n) is 6.86. The van der Waals surface area contributed by atoms with Crippen molar-refractivity contribution >= 4 is 5.91 Å². The molecule has 1 heterocycles. The Hall–Kier alpha value is -0.570. The quantitative estimate of drug-likeness (QED) is 0.794. The van der Waals surface area contributed by atoms with Crippen molar-refractivity contribution in [3.05, 3.63) is 0 Å². The third-order valence-corrected chi connectivity index (χ3v) is 4.00. The standard InChI is InChI=1S/C13H24N2O/c1-2-15(11-7-3-4-8-11)13(16)12-9-5-6-10-14-12/h11-12,14H,2-10H2,1H3. The van der Waals surface area contributed by atoms with Gasteiger partial charge in [-0.25, -0.2) is 0 Å². The van der Waals surface area contributed by atoms with Gasteiger partial charge in [-0.3, -0.25) is 4.79 Å². The molecule has 3 heteroatoms. The van der Waals surface area contributed by atoms with Crippen molar-refractivity contribution < 1.29 is 4.79 Å². The molecule has 0 radical (unpaired) electrons. The van der Waals surface area contributed by atoms with Crippen molar-refractivity contribution in [1.29, 1.82) is 0 Å². The highest BCUT2D eigenvalue weighted by Crippen LogP contribution is 2.24. The van der Waals surface area contributed by atoms with Gasteiger partial charge in [0, 0.05) is 12.6 Å². The number of hydrogen-bond acceptors (Lipinski definition) is 2. The molecule has 1 aliphatic carbocycles. The molecule has 3 nitrogen and oxygen atoms in total. The van der Waals surface area contributed by atoms with Crippen LogP contribution in [0.5, 0.6) is 0 Å². The van der Waals surface area contributed by atoms with Crippen LogP contribution in [0.3, 0.4) is 0 Å². The zero-order chi connectivity index (χ0) is 11.4. The van der Waals surface area contributed by atoms with Crippen LogP contribution in [0.15, 0.2) is 0 Å². The maximum Gasteiger partial charge on any atom is 0.239 e. The number of piperidine rings is 1. The topological polar surface area (TPSA) is 32.3 Å². The Bertz CT molecular complexity index is 230. The molecule has 1 aliphatic heterocycles. The van der Waals surface area contributed by atoms with E-state index in [-0.39, 0.29) is 6.04 Å². The molecule has 0 bridgehead atoms. The average Bonchev–Trinajstić information content (AvgIpc) is 2.85. The molecule has 0 aromatic rings. The summed E-state index contributed by atoms with van der Waals surface area (Å²) in [5.74, 6) is 0.356. The first-order chi connectivity index (χ1) is 7.83. The van der Waals surface area contributed by atoms with Crippen LogP contribution in [-0.2, 0) is 4.79 Å². The molecule has 1 N–H and O–H groups in total. The van der Waals surface area contributed by atoms with Gasteiger partial charge in [-0.1, -0.05) is 19.3 Å². The van der Waals surface area contributed by atoms with Crippen LogP contribution in [0.25, 0.3) is 0 Å². The number of likely N-dealkylation sites (N-methyl/N-ethyl adjacent to an activating group) is 1. The molecular formula is C13H24N2O. The molecule has 16 heavy (non-hydrogen) atoms. The summed E-state index contributed by atoms with van der Waals surface area (Å²) in [5, 5.41) is 3.37. The molecule has 1 amide bonds. The van der Waals surface area contributed by atoms with Crippen LogP contribution in [0.2, 0.25) is 0 Å². The van der Waals surface area contributed by atoms with E-state index in [4.69, 9.17) is 0 Å². The number of nitrogens with zero attached hydrogens (tertiary/aromatic N) is 1. The second-order valence-corrected chi connectivity index (χ2v) is 5.07. The number of carbonyl (C=O) groups is 1. The fraction of sp³-hybridized carbons (Fsp3) is 0.923. The summed E-state index contributed by atoms with van der Waals surface area (Å²) in [5.41, 5.74) is 0. The Morgan fingerprint density at radius 3 is 2.44 bits per heavy atom. The summed E-state index contributed by atoms with van der Waals surface area (Å²) in [4.78, 5) is 14.5. The lowest BCUT2D eigenvalue weighted by molar-refractivity contribution is -0.136. The van der Waals surface area contributed by atoms with Gasteiger partial charge in [-0.05, 0) is 39.2 Å². The fourth-order valence-electron chi connectivity index (χ4n) is 3.07. The first kappa shape index (κ1) is 11.9. The maximum atomic E-state index is 12.4. The summed E-state index contributed by atoms with van der Waals surface area (Å²) in [6.45, 7) is 4.00. The Labute approximate surface area is 98.6 Å². The Morgan fingerprint density at radius 2 is 1.88 bits per heavy atom. The van der Waals surface area contributed by atoms with Gasteiger partial charge in [0.2, 0.25) is 5.91 Å². The molecule has 1 saturated carbocycles. The van der Waals surface area contributed by atoms with Crippen LogP contribution in [0.1, 0.15) is 51.9 Å². The lowest BCUT2D eigenvalue weighted by atomic mass is 10.0. The molecule has 0 aromatic carbocycles. The van der Waals surface area contributed by atoms with Crippen LogP contribution < -0.4 is 5.32 Å². The predicted octanol–water partition coefficient (Wildman–Crippen LogP) is 1.92. The van der Waals surface area contributed by atoms with Crippen LogP contribution >= 0.6 is 0 Å². The van der Waals surface area contributed by atoms with Gasteiger partial charge < -0.3 is 10.2 Å². The molecule has 1 saturated heterocycles. The van der Waals surface area contributed by atoms with Crippen molar-refractivity contribution in [3.63, 3.8) is 0 Å². The normalized spacial score (nSPS) is 26.9. The van der Waals surface area contributed by atoms with Crippen LogP contribution in [0.4, 0.5) is 0 Å². The molecule has 0 spiro atoms. The monoisotopic (exact) mass is 224 g/mol. The van der Waals surface area contributed by atoms with Gasteiger partial charge in [0.05, 0.1) is 6.04 Å². The van der Waals surface area contributed by atoms with E-state index in [1.54, 1.807) is 0 Å². The molecule has 2 fully saturated rings. The Kier molecular flexibility index (Phi) is 4.22. The zero-order valence-corrected chi connectivity index (χ0v) is 10.4. The first-order valence-corrected chi connectivity index (χ1v) is 6.86. The van der Waals surface area contributed by atoms with E-state index < -0.39 is 0 Å². The van der Waals surface area contributed by atoms with Crippen molar-refractivity contribution in [1.82, 2.24) is 10.2 Å². The van der Waals surface area contributed by atoms with Gasteiger partial charge in [-0.2, -0.15) is 0 Å². The van der Waals surface area contributed by atoms with E-state index in [1.165, 1.54) is 38.5 Å². The smallest absolute Gasteiger partial charge is 0.239 e. The summed E-state index contributed by atoms with van der Waals surface area (Å²) < 4.78 is 0. The SMILES string of the molecule is CCN(C(=O)C1CCCCN1)C1CCCC1. The lowest BCUT2D eigenvalue weighted by Gasteiger charge is -2.33. The summed E-state index contributed by atoms with van der Waals surface area (Å²) in [6.07, 6.45) is 8.48. The van der Waals surface area contributed by atoms with Crippen LogP contribution in [-0.4, -0.2) is 36.0 Å². The van der Waals surface area contributed by atoms with Gasteiger partial charge in [-0.15, -0.1) is 0 Å². The number of amides is 1. The number of hydrogen-bond donors (Lipinski definition) is 1. The summed E-state index contributed by atoms with van der Waals surface area (Å²) >= 11 is 0. The molecule has 0 aromatic heterocycles. The van der Waals surface area contributed by atoms with Gasteiger partial charge in [0.15, 0.2) is 0 Å². The Balaban J connectivity index is 1.93. The lowest BCUT2D eigenvalue weighted by Crippen LogP contribution is -2.51. The molecule has 2 aliphatic rings. The van der Waals surface area contributed by atoms with Crippen molar-refractivity contribution in [3.8, 4) is 0 Å². The van der Waals surface area contributed by atoms with Gasteiger partial charge >= 0.3 is 0 Å². The predicted molar refractivity (Wildman–Crippen MR) is 65.3 cm³/mol. The van der Waals surface area contributed by atoms with Gasteiger partial charge in [0.1, 0.15) is 0 Å². The summed E-state index contributed by atoms with van der Waals surface area (Å²) in [6, 6.07) is 0.635. The maximum absolute atomic E-state index is 12.4. The molecule has 92 valence electrons. The third-order valence-electron chi connectivity index (χ3n) is 4.00. The second kappa shape index (κ2) is 5.67. The highest BCUT2D eigenvalue weighted by Gasteiger charge is 2.30. The Morgan fingerprint density at radius 1 is 1.19 bits per heavy atom. The van der Waals surface area contributed by atoms with E-state index in [9.17, 15) is 4.79 Å². The van der Waals surface area contributed by atoms with Crippen molar-refractivity contribution in [2.75, 3.05) is 13.1 Å². The molecule has 1 unspecified atom stereocenters. The average molecular weight is 224 g/mol. The minimum absolute atomic E-state index is 0.106. The highest BCUT2D eigenvalue weighted by molar-refractivity contribution is 5.82. The van der Waals surface area contributed by atoms with E-state index in [0.717, 1.165) is 19.5 Å². The van der Waals surface area contributed by atoms with Gasteiger partial charge in [0.25, 0.3) is 0 Å². The van der Waals surface area contributed by atoms with Crippen molar-refractivity contribution in [2.45, 2.75) is 64.0 Å². The third kappa shape index (κ3) is 2.57. The molecular weight excluding hydrogens is 200 g/mol. The molecule has 1 atom stereocenters. The highest BCUT2D eigenvalue weighted by atomic mass is 16.2. The van der Waals surface area contributed by atoms with Crippen molar-refractivity contribution in [2.24, 2.45) is 0 Å². The fourth-order valence-corrected chi connectivity index (χ4v) is 3.07. The second-order valence-electron chi connectivity index (χ2n) is 5.07.